The average molecular weight is 409 g/mol. The van der Waals surface area contributed by atoms with E-state index in [1.54, 1.807) is 19.1 Å². The van der Waals surface area contributed by atoms with E-state index in [-0.39, 0.29) is 12.5 Å². The SMILES string of the molecule is C[C@H](OC(=O)COc1ccc(Cl)c2ccccc12)c1nnc(-c2ccccc2)o1. The summed E-state index contributed by atoms with van der Waals surface area (Å²) in [5, 5.41) is 10.3. The highest BCUT2D eigenvalue weighted by atomic mass is 35.5. The van der Waals surface area contributed by atoms with Crippen LogP contribution in [0.15, 0.2) is 71.1 Å². The molecule has 146 valence electrons. The van der Waals surface area contributed by atoms with Gasteiger partial charge >= 0.3 is 5.97 Å². The molecular weight excluding hydrogens is 392 g/mol. The quantitative estimate of drug-likeness (QED) is 0.407. The fourth-order valence-electron chi connectivity index (χ4n) is 2.88. The number of aromatic nitrogens is 2. The monoisotopic (exact) mass is 408 g/mol. The third kappa shape index (κ3) is 4.22. The van der Waals surface area contributed by atoms with Crippen molar-refractivity contribution in [3.05, 3.63) is 77.6 Å². The Morgan fingerprint density at radius 1 is 1.00 bits per heavy atom. The van der Waals surface area contributed by atoms with Crippen LogP contribution >= 0.6 is 11.6 Å². The molecule has 29 heavy (non-hydrogen) atoms. The molecule has 0 aliphatic heterocycles. The molecule has 0 fully saturated rings. The van der Waals surface area contributed by atoms with Gasteiger partial charge < -0.3 is 13.9 Å². The molecule has 4 rings (SSSR count). The van der Waals surface area contributed by atoms with E-state index in [0.717, 1.165) is 16.3 Å². The molecule has 0 aliphatic rings. The first-order chi connectivity index (χ1) is 14.1. The first-order valence-corrected chi connectivity index (χ1v) is 9.38. The van der Waals surface area contributed by atoms with Crippen LogP contribution in [0, 0.1) is 0 Å². The van der Waals surface area contributed by atoms with E-state index in [9.17, 15) is 4.79 Å². The number of carbonyl (C=O) groups excluding carboxylic acids is 1. The van der Waals surface area contributed by atoms with E-state index in [1.807, 2.05) is 54.6 Å². The molecule has 0 unspecified atom stereocenters. The maximum Gasteiger partial charge on any atom is 0.344 e. The van der Waals surface area contributed by atoms with Crippen LogP contribution in [0.25, 0.3) is 22.2 Å². The Bertz CT molecular complexity index is 1140. The van der Waals surface area contributed by atoms with Gasteiger partial charge in [0.1, 0.15) is 5.75 Å². The zero-order valence-electron chi connectivity index (χ0n) is 15.5. The van der Waals surface area contributed by atoms with Crippen molar-refractivity contribution in [3.63, 3.8) is 0 Å². The van der Waals surface area contributed by atoms with Gasteiger partial charge in [0.2, 0.25) is 5.89 Å². The molecule has 0 N–H and O–H groups in total. The largest absolute Gasteiger partial charge is 0.481 e. The third-order valence-electron chi connectivity index (χ3n) is 4.29. The van der Waals surface area contributed by atoms with Crippen LogP contribution in [0.1, 0.15) is 18.9 Å². The van der Waals surface area contributed by atoms with Crippen LogP contribution in [-0.2, 0) is 9.53 Å². The van der Waals surface area contributed by atoms with Crippen LogP contribution < -0.4 is 4.74 Å². The summed E-state index contributed by atoms with van der Waals surface area (Å²) in [5.41, 5.74) is 0.794. The Labute approximate surface area is 172 Å². The number of ether oxygens (including phenoxy) is 2. The van der Waals surface area contributed by atoms with Crippen molar-refractivity contribution in [1.82, 2.24) is 10.2 Å². The van der Waals surface area contributed by atoms with Crippen molar-refractivity contribution in [2.24, 2.45) is 0 Å². The van der Waals surface area contributed by atoms with Crippen molar-refractivity contribution >= 4 is 28.3 Å². The fourth-order valence-corrected chi connectivity index (χ4v) is 3.10. The van der Waals surface area contributed by atoms with Crippen LogP contribution in [-0.4, -0.2) is 22.8 Å². The van der Waals surface area contributed by atoms with Gasteiger partial charge in [0.25, 0.3) is 5.89 Å². The first kappa shape index (κ1) is 19.0. The van der Waals surface area contributed by atoms with E-state index in [0.29, 0.717) is 16.7 Å². The number of nitrogens with zero attached hydrogens (tertiary/aromatic N) is 2. The normalized spacial score (nSPS) is 11.9. The Hall–Kier alpha value is -3.38. The number of halogens is 1. The van der Waals surface area contributed by atoms with Crippen LogP contribution in [0.3, 0.4) is 0 Å². The summed E-state index contributed by atoms with van der Waals surface area (Å²) in [4.78, 5) is 12.2. The lowest BCUT2D eigenvalue weighted by molar-refractivity contribution is -0.152. The topological polar surface area (TPSA) is 74.5 Å². The smallest absolute Gasteiger partial charge is 0.344 e. The molecule has 1 aromatic heterocycles. The second-order valence-corrected chi connectivity index (χ2v) is 6.73. The summed E-state index contributed by atoms with van der Waals surface area (Å²) in [5.74, 6) is 0.594. The van der Waals surface area contributed by atoms with Gasteiger partial charge in [0.15, 0.2) is 12.7 Å². The third-order valence-corrected chi connectivity index (χ3v) is 4.62. The molecule has 1 heterocycles. The minimum atomic E-state index is -0.696. The summed E-state index contributed by atoms with van der Waals surface area (Å²) in [6.07, 6.45) is -0.696. The number of fused-ring (bicyclic) bond motifs is 1. The van der Waals surface area contributed by atoms with E-state index < -0.39 is 12.1 Å². The van der Waals surface area contributed by atoms with Crippen LogP contribution in [0.2, 0.25) is 5.02 Å². The Morgan fingerprint density at radius 2 is 1.72 bits per heavy atom. The standard InChI is InChI=1S/C22H17ClN2O4/c1-14(21-24-25-22(29-21)15-7-3-2-4-8-15)28-20(26)13-27-19-12-11-18(23)16-9-5-6-10-17(16)19/h2-12,14H,13H2,1H3/t14-/m0/s1. The van der Waals surface area contributed by atoms with Gasteiger partial charge in [-0.05, 0) is 31.2 Å². The molecule has 7 heteroatoms. The molecule has 6 nitrogen and oxygen atoms in total. The highest BCUT2D eigenvalue weighted by molar-refractivity contribution is 6.35. The number of hydrogen-bond acceptors (Lipinski definition) is 6. The van der Waals surface area contributed by atoms with E-state index >= 15 is 0 Å². The van der Waals surface area contributed by atoms with Gasteiger partial charge in [-0.1, -0.05) is 54.1 Å². The maximum atomic E-state index is 12.2. The van der Waals surface area contributed by atoms with Crippen molar-refractivity contribution < 1.29 is 18.7 Å². The summed E-state index contributed by atoms with van der Waals surface area (Å²) in [6, 6.07) is 20.4. The van der Waals surface area contributed by atoms with Gasteiger partial charge in [-0.15, -0.1) is 10.2 Å². The highest BCUT2D eigenvalue weighted by Gasteiger charge is 2.19. The number of hydrogen-bond donors (Lipinski definition) is 0. The van der Waals surface area contributed by atoms with Gasteiger partial charge in [0, 0.05) is 21.4 Å². The summed E-state index contributed by atoms with van der Waals surface area (Å²) >= 11 is 6.20. The van der Waals surface area contributed by atoms with Crippen molar-refractivity contribution in [2.75, 3.05) is 6.61 Å². The van der Waals surface area contributed by atoms with Crippen LogP contribution in [0.4, 0.5) is 0 Å². The number of rotatable bonds is 6. The van der Waals surface area contributed by atoms with Gasteiger partial charge in [0.05, 0.1) is 0 Å². The Morgan fingerprint density at radius 3 is 2.52 bits per heavy atom. The maximum absolute atomic E-state index is 12.2. The second-order valence-electron chi connectivity index (χ2n) is 6.32. The Kier molecular flexibility index (Phi) is 5.44. The lowest BCUT2D eigenvalue weighted by Gasteiger charge is -2.12. The molecule has 4 aromatic rings. The molecule has 0 amide bonds. The van der Waals surface area contributed by atoms with E-state index in [2.05, 4.69) is 10.2 Å². The first-order valence-electron chi connectivity index (χ1n) is 9.00. The van der Waals surface area contributed by atoms with Crippen LogP contribution in [0.5, 0.6) is 5.75 Å². The second kappa shape index (κ2) is 8.32. The van der Waals surface area contributed by atoms with E-state index in [1.165, 1.54) is 0 Å². The molecule has 0 radical (unpaired) electrons. The summed E-state index contributed by atoms with van der Waals surface area (Å²) in [6.45, 7) is 1.41. The molecule has 0 spiro atoms. The van der Waals surface area contributed by atoms with Crippen molar-refractivity contribution in [2.45, 2.75) is 13.0 Å². The number of esters is 1. The highest BCUT2D eigenvalue weighted by Crippen LogP contribution is 2.31. The summed E-state index contributed by atoms with van der Waals surface area (Å²) < 4.78 is 16.6. The molecule has 1 atom stereocenters. The summed E-state index contributed by atoms with van der Waals surface area (Å²) in [7, 11) is 0. The molecule has 0 saturated heterocycles. The lowest BCUT2D eigenvalue weighted by atomic mass is 10.1. The minimum Gasteiger partial charge on any atom is -0.481 e. The fraction of sp³-hybridized carbons (Fsp3) is 0.136. The molecule has 0 aliphatic carbocycles. The van der Waals surface area contributed by atoms with Gasteiger partial charge in [-0.25, -0.2) is 4.79 Å². The zero-order valence-corrected chi connectivity index (χ0v) is 16.3. The molecular formula is C22H17ClN2O4. The number of carbonyl (C=O) groups is 1. The average Bonchev–Trinajstić information content (AvgIpc) is 3.25. The molecule has 3 aromatic carbocycles. The van der Waals surface area contributed by atoms with Gasteiger partial charge in [-0.2, -0.15) is 0 Å². The number of benzene rings is 3. The minimum absolute atomic E-state index is 0.217. The Balaban J connectivity index is 1.39. The van der Waals surface area contributed by atoms with Gasteiger partial charge in [-0.3, -0.25) is 0 Å². The van der Waals surface area contributed by atoms with Crippen molar-refractivity contribution in [3.8, 4) is 17.2 Å². The predicted octanol–water partition coefficient (Wildman–Crippen LogP) is 5.23. The molecule has 0 saturated carbocycles. The van der Waals surface area contributed by atoms with E-state index in [4.69, 9.17) is 25.5 Å². The zero-order chi connectivity index (χ0) is 20.2. The van der Waals surface area contributed by atoms with Crippen molar-refractivity contribution in [1.29, 1.82) is 0 Å². The molecule has 0 bridgehead atoms. The lowest BCUT2D eigenvalue weighted by Crippen LogP contribution is -2.17. The predicted molar refractivity (Wildman–Crippen MR) is 109 cm³/mol.